The van der Waals surface area contributed by atoms with Crippen molar-refractivity contribution in [2.75, 3.05) is 0 Å². The van der Waals surface area contributed by atoms with Gasteiger partial charge in [0.15, 0.2) is 0 Å². The molecule has 1 aromatic carbocycles. The number of carbonyl (C=O) groups excluding carboxylic acids is 1. The molecule has 0 bridgehead atoms. The summed E-state index contributed by atoms with van der Waals surface area (Å²) in [7, 11) is 0. The minimum atomic E-state index is -0.467. The molecule has 144 valence electrons. The number of carbonyl (C=O) groups is 1. The van der Waals surface area contributed by atoms with E-state index in [1.165, 1.54) is 41.9 Å². The largest absolute Gasteiger partial charge is 0.349 e. The molecule has 1 amide bonds. The number of aromatic nitrogens is 2. The topological polar surface area (TPSA) is 90.1 Å². The molecule has 1 aromatic heterocycles. The fourth-order valence-electron chi connectivity index (χ4n) is 3.82. The Kier molecular flexibility index (Phi) is 6.57. The molecule has 1 heterocycles. The lowest BCUT2D eigenvalue weighted by molar-refractivity contribution is -0.385. The quantitative estimate of drug-likeness (QED) is 0.561. The molecule has 0 aliphatic heterocycles. The molecular formula is C20H26N4O3. The number of rotatable bonds is 8. The summed E-state index contributed by atoms with van der Waals surface area (Å²) in [6.45, 7) is 0.487. The Labute approximate surface area is 158 Å². The molecule has 7 heteroatoms. The van der Waals surface area contributed by atoms with Gasteiger partial charge in [-0.3, -0.25) is 19.6 Å². The van der Waals surface area contributed by atoms with Crippen LogP contribution in [0.3, 0.4) is 0 Å². The highest BCUT2D eigenvalue weighted by molar-refractivity contribution is 5.76. The molecule has 2 aromatic rings. The molecule has 1 fully saturated rings. The van der Waals surface area contributed by atoms with E-state index < -0.39 is 4.92 Å². The first-order valence-electron chi connectivity index (χ1n) is 9.64. The first kappa shape index (κ1) is 19.1. The van der Waals surface area contributed by atoms with Crippen molar-refractivity contribution in [3.05, 3.63) is 58.4 Å². The van der Waals surface area contributed by atoms with Crippen molar-refractivity contribution in [1.29, 1.82) is 0 Å². The second-order valence-corrected chi connectivity index (χ2v) is 7.18. The molecule has 0 saturated heterocycles. The van der Waals surface area contributed by atoms with E-state index >= 15 is 0 Å². The molecular weight excluding hydrogens is 344 g/mol. The molecule has 1 atom stereocenters. The van der Waals surface area contributed by atoms with Crippen LogP contribution in [0, 0.1) is 16.0 Å². The summed E-state index contributed by atoms with van der Waals surface area (Å²) < 4.78 is 1.52. The van der Waals surface area contributed by atoms with Gasteiger partial charge >= 0.3 is 5.69 Å². The Bertz CT molecular complexity index is 754. The van der Waals surface area contributed by atoms with E-state index in [9.17, 15) is 14.9 Å². The van der Waals surface area contributed by atoms with E-state index in [0.717, 1.165) is 12.8 Å². The zero-order valence-electron chi connectivity index (χ0n) is 15.4. The van der Waals surface area contributed by atoms with Crippen LogP contribution in [0.2, 0.25) is 0 Å². The summed E-state index contributed by atoms with van der Waals surface area (Å²) in [4.78, 5) is 22.7. The van der Waals surface area contributed by atoms with E-state index in [4.69, 9.17) is 0 Å². The summed E-state index contributed by atoms with van der Waals surface area (Å²) in [5.41, 5.74) is 1.14. The fourth-order valence-corrected chi connectivity index (χ4v) is 3.82. The second kappa shape index (κ2) is 9.30. The van der Waals surface area contributed by atoms with Gasteiger partial charge in [-0.2, -0.15) is 5.10 Å². The predicted octanol–water partition coefficient (Wildman–Crippen LogP) is 4.01. The summed E-state index contributed by atoms with van der Waals surface area (Å²) >= 11 is 0. The maximum Gasteiger partial charge on any atom is 0.306 e. The van der Waals surface area contributed by atoms with Gasteiger partial charge in [-0.25, -0.2) is 0 Å². The van der Waals surface area contributed by atoms with Gasteiger partial charge in [0.05, 0.1) is 11.0 Å². The Hall–Kier alpha value is -2.70. The maximum atomic E-state index is 12.5. The fraction of sp³-hybridized carbons (Fsp3) is 0.500. The van der Waals surface area contributed by atoms with E-state index in [1.807, 2.05) is 18.2 Å². The third-order valence-electron chi connectivity index (χ3n) is 5.22. The third-order valence-corrected chi connectivity index (χ3v) is 5.22. The molecule has 1 aliphatic carbocycles. The maximum absolute atomic E-state index is 12.5. The SMILES string of the molecule is O=C(CCCn1cc([N+](=O)[O-])cn1)NC(c1ccccc1)C1CCCCC1. The average molecular weight is 370 g/mol. The van der Waals surface area contributed by atoms with Crippen molar-refractivity contribution in [3.63, 3.8) is 0 Å². The summed E-state index contributed by atoms with van der Waals surface area (Å²) in [5, 5.41) is 17.9. The van der Waals surface area contributed by atoms with Gasteiger partial charge in [-0.05, 0) is 30.7 Å². The number of nitrogens with one attached hydrogen (secondary N) is 1. The molecule has 7 nitrogen and oxygen atoms in total. The number of hydrogen-bond donors (Lipinski definition) is 1. The van der Waals surface area contributed by atoms with Crippen molar-refractivity contribution >= 4 is 11.6 Å². The highest BCUT2D eigenvalue weighted by Crippen LogP contribution is 2.34. The number of aryl methyl sites for hydroxylation is 1. The van der Waals surface area contributed by atoms with Crippen LogP contribution in [0.5, 0.6) is 0 Å². The van der Waals surface area contributed by atoms with Gasteiger partial charge in [-0.1, -0.05) is 49.6 Å². The minimum Gasteiger partial charge on any atom is -0.349 e. The van der Waals surface area contributed by atoms with Gasteiger partial charge in [-0.15, -0.1) is 0 Å². The van der Waals surface area contributed by atoms with E-state index in [1.54, 1.807) is 0 Å². The highest BCUT2D eigenvalue weighted by atomic mass is 16.6. The Morgan fingerprint density at radius 1 is 1.26 bits per heavy atom. The Balaban J connectivity index is 1.54. The monoisotopic (exact) mass is 370 g/mol. The van der Waals surface area contributed by atoms with Gasteiger partial charge in [0.25, 0.3) is 0 Å². The van der Waals surface area contributed by atoms with Gasteiger partial charge < -0.3 is 5.32 Å². The van der Waals surface area contributed by atoms with Crippen LogP contribution in [-0.4, -0.2) is 20.6 Å². The van der Waals surface area contributed by atoms with Crippen molar-refractivity contribution in [1.82, 2.24) is 15.1 Å². The van der Waals surface area contributed by atoms with Crippen LogP contribution in [0.4, 0.5) is 5.69 Å². The Morgan fingerprint density at radius 2 is 2.00 bits per heavy atom. The normalized spacial score (nSPS) is 16.0. The zero-order chi connectivity index (χ0) is 19.1. The minimum absolute atomic E-state index is 0.0242. The number of benzene rings is 1. The second-order valence-electron chi connectivity index (χ2n) is 7.18. The van der Waals surface area contributed by atoms with Crippen LogP contribution >= 0.6 is 0 Å². The zero-order valence-corrected chi connectivity index (χ0v) is 15.4. The lowest BCUT2D eigenvalue weighted by atomic mass is 9.81. The first-order chi connectivity index (χ1) is 13.1. The van der Waals surface area contributed by atoms with Crippen LogP contribution in [0.25, 0.3) is 0 Å². The van der Waals surface area contributed by atoms with E-state index in [-0.39, 0.29) is 17.6 Å². The number of hydrogen-bond acceptors (Lipinski definition) is 4. The van der Waals surface area contributed by atoms with Crippen molar-refractivity contribution in [3.8, 4) is 0 Å². The first-order valence-corrected chi connectivity index (χ1v) is 9.64. The lowest BCUT2D eigenvalue weighted by Gasteiger charge is -2.31. The molecule has 1 saturated carbocycles. The standard InChI is InChI=1S/C20H26N4O3/c25-19(12-7-13-23-15-18(14-21-23)24(26)27)22-20(16-8-3-1-4-9-16)17-10-5-2-6-11-17/h1,3-4,8-9,14-15,17,20H,2,5-7,10-13H2,(H,22,25). The van der Waals surface area contributed by atoms with Crippen molar-refractivity contribution in [2.24, 2.45) is 5.92 Å². The Morgan fingerprint density at radius 3 is 2.67 bits per heavy atom. The number of amides is 1. The molecule has 0 radical (unpaired) electrons. The molecule has 1 aliphatic rings. The van der Waals surface area contributed by atoms with Crippen LogP contribution in [-0.2, 0) is 11.3 Å². The molecule has 1 N–H and O–H groups in total. The van der Waals surface area contributed by atoms with Gasteiger partial charge in [0.1, 0.15) is 12.4 Å². The molecule has 27 heavy (non-hydrogen) atoms. The van der Waals surface area contributed by atoms with E-state index in [0.29, 0.717) is 25.3 Å². The van der Waals surface area contributed by atoms with Crippen LogP contribution in [0.15, 0.2) is 42.7 Å². The van der Waals surface area contributed by atoms with Crippen molar-refractivity contribution < 1.29 is 9.72 Å². The molecule has 0 spiro atoms. The van der Waals surface area contributed by atoms with Crippen LogP contribution < -0.4 is 5.32 Å². The summed E-state index contributed by atoms with van der Waals surface area (Å²) in [6, 6.07) is 10.3. The molecule has 3 rings (SSSR count). The third kappa shape index (κ3) is 5.39. The molecule has 1 unspecified atom stereocenters. The average Bonchev–Trinajstić information content (AvgIpc) is 3.17. The highest BCUT2D eigenvalue weighted by Gasteiger charge is 2.26. The van der Waals surface area contributed by atoms with Gasteiger partial charge in [0, 0.05) is 13.0 Å². The predicted molar refractivity (Wildman–Crippen MR) is 102 cm³/mol. The van der Waals surface area contributed by atoms with Crippen LogP contribution in [0.1, 0.15) is 56.6 Å². The number of nitro groups is 1. The summed E-state index contributed by atoms with van der Waals surface area (Å²) in [6.07, 6.45) is 9.63. The summed E-state index contributed by atoms with van der Waals surface area (Å²) in [5.74, 6) is 0.509. The van der Waals surface area contributed by atoms with Gasteiger partial charge in [0.2, 0.25) is 5.91 Å². The lowest BCUT2D eigenvalue weighted by Crippen LogP contribution is -2.34. The smallest absolute Gasteiger partial charge is 0.306 e. The van der Waals surface area contributed by atoms with E-state index in [2.05, 4.69) is 22.5 Å². The van der Waals surface area contributed by atoms with Crippen molar-refractivity contribution in [2.45, 2.75) is 57.5 Å². The number of nitrogens with zero attached hydrogens (tertiary/aromatic N) is 3.